The molecule has 4 aromatic rings. The minimum Gasteiger partial charge on any atom is -0.382 e. The van der Waals surface area contributed by atoms with Gasteiger partial charge in [-0.15, -0.1) is 0 Å². The molecule has 1 atom stereocenters. The molecule has 9 nitrogen and oxygen atoms in total. The number of fused-ring (bicyclic) bond motifs is 5. The van der Waals surface area contributed by atoms with E-state index in [1.807, 2.05) is 34.9 Å². The van der Waals surface area contributed by atoms with Gasteiger partial charge in [0.1, 0.15) is 17.7 Å². The Bertz CT molecular complexity index is 1640. The molecule has 3 aliphatic rings. The van der Waals surface area contributed by atoms with Gasteiger partial charge in [-0.2, -0.15) is 0 Å². The predicted molar refractivity (Wildman–Crippen MR) is 159 cm³/mol. The summed E-state index contributed by atoms with van der Waals surface area (Å²) in [4.78, 5) is 34.9. The topological polar surface area (TPSA) is 109 Å². The highest BCUT2D eigenvalue weighted by atomic mass is 19.1. The molecule has 2 amide bonds. The van der Waals surface area contributed by atoms with Crippen LogP contribution in [0, 0.1) is 5.82 Å². The molecule has 10 heteroatoms. The summed E-state index contributed by atoms with van der Waals surface area (Å²) in [6.07, 6.45) is 2.69. The number of carbonyl (C=O) groups is 2. The van der Waals surface area contributed by atoms with Crippen LogP contribution in [0.25, 0.3) is 22.4 Å². The van der Waals surface area contributed by atoms with E-state index in [9.17, 15) is 14.0 Å². The van der Waals surface area contributed by atoms with Crippen LogP contribution in [0.15, 0.2) is 60.7 Å². The number of nitrogens with zero attached hydrogens (tertiary/aromatic N) is 4. The molecule has 1 aromatic heterocycles. The summed E-state index contributed by atoms with van der Waals surface area (Å²) in [5, 5.41) is 6.60. The van der Waals surface area contributed by atoms with E-state index in [1.54, 1.807) is 0 Å². The third kappa shape index (κ3) is 4.94. The molecule has 0 spiro atoms. The molecule has 210 valence electrons. The van der Waals surface area contributed by atoms with Crippen molar-refractivity contribution < 1.29 is 14.0 Å². The van der Waals surface area contributed by atoms with Gasteiger partial charge in [0.25, 0.3) is 0 Å². The number of carbonyl (C=O) groups excluding carboxylic acids is 2. The van der Waals surface area contributed by atoms with Gasteiger partial charge in [0, 0.05) is 61.3 Å². The zero-order valence-electron chi connectivity index (χ0n) is 22.6. The maximum absolute atomic E-state index is 13.5. The number of nitrogens with two attached hydrogens (primary N) is 1. The van der Waals surface area contributed by atoms with Gasteiger partial charge in [-0.25, -0.2) is 9.37 Å². The Morgan fingerprint density at radius 1 is 0.976 bits per heavy atom. The van der Waals surface area contributed by atoms with E-state index in [1.165, 1.54) is 12.1 Å². The second kappa shape index (κ2) is 10.1. The normalized spacial score (nSPS) is 18.5. The second-order valence-electron chi connectivity index (χ2n) is 11.1. The van der Waals surface area contributed by atoms with Crippen molar-refractivity contribution in [1.29, 1.82) is 0 Å². The Kier molecular flexibility index (Phi) is 6.25. The van der Waals surface area contributed by atoms with Crippen molar-refractivity contribution in [2.75, 3.05) is 46.6 Å². The minimum atomic E-state index is -0.625. The summed E-state index contributed by atoms with van der Waals surface area (Å²) in [5.41, 5.74) is 11.7. The molecule has 1 saturated carbocycles. The largest absolute Gasteiger partial charge is 0.382 e. The Labute approximate surface area is 237 Å². The molecule has 2 aliphatic heterocycles. The summed E-state index contributed by atoms with van der Waals surface area (Å²) >= 11 is 0. The number of halogens is 1. The number of hydrogen-bond acceptors (Lipinski definition) is 6. The highest BCUT2D eigenvalue weighted by molar-refractivity contribution is 6.02. The van der Waals surface area contributed by atoms with E-state index in [0.29, 0.717) is 17.6 Å². The molecule has 3 aromatic carbocycles. The van der Waals surface area contributed by atoms with Crippen LogP contribution in [0.4, 0.5) is 27.1 Å². The lowest BCUT2D eigenvalue weighted by Crippen LogP contribution is -2.46. The Balaban J connectivity index is 1.23. The molecule has 1 unspecified atom stereocenters. The van der Waals surface area contributed by atoms with Crippen LogP contribution >= 0.6 is 0 Å². The number of hydrogen-bond donors (Lipinski definition) is 3. The maximum Gasteiger partial charge on any atom is 0.247 e. The fourth-order valence-corrected chi connectivity index (χ4v) is 5.93. The number of piperazine rings is 1. The summed E-state index contributed by atoms with van der Waals surface area (Å²) < 4.78 is 15.3. The van der Waals surface area contributed by atoms with Gasteiger partial charge in [0.05, 0.1) is 16.7 Å². The van der Waals surface area contributed by atoms with Gasteiger partial charge in [-0.1, -0.05) is 0 Å². The average molecular weight is 554 g/mol. The van der Waals surface area contributed by atoms with Gasteiger partial charge in [-0.05, 0) is 79.9 Å². The summed E-state index contributed by atoms with van der Waals surface area (Å²) in [6, 6.07) is 18.6. The zero-order valence-corrected chi connectivity index (χ0v) is 22.6. The predicted octanol–water partition coefficient (Wildman–Crippen LogP) is 4.50. The highest BCUT2D eigenvalue weighted by Crippen LogP contribution is 2.40. The number of rotatable bonds is 7. The average Bonchev–Trinajstić information content (AvgIpc) is 3.73. The summed E-state index contributed by atoms with van der Waals surface area (Å²) in [5.74, 6) is -0.162. The van der Waals surface area contributed by atoms with E-state index in [2.05, 4.69) is 38.6 Å². The van der Waals surface area contributed by atoms with E-state index >= 15 is 0 Å². The van der Waals surface area contributed by atoms with E-state index in [-0.39, 0.29) is 24.6 Å². The number of primary amides is 1. The van der Waals surface area contributed by atoms with Crippen molar-refractivity contribution in [3.8, 4) is 11.4 Å². The molecule has 41 heavy (non-hydrogen) atoms. The number of anilines is 4. The number of nitrogens with one attached hydrogen (secondary N) is 2. The molecule has 1 aliphatic carbocycles. The lowest BCUT2D eigenvalue weighted by Gasteiger charge is -2.37. The minimum absolute atomic E-state index is 0.0957. The third-order valence-corrected chi connectivity index (χ3v) is 8.25. The van der Waals surface area contributed by atoms with E-state index in [4.69, 9.17) is 10.7 Å². The van der Waals surface area contributed by atoms with Gasteiger partial charge >= 0.3 is 0 Å². The maximum atomic E-state index is 13.5. The van der Waals surface area contributed by atoms with E-state index < -0.39 is 11.9 Å². The van der Waals surface area contributed by atoms with Gasteiger partial charge in [-0.3, -0.25) is 9.59 Å². The van der Waals surface area contributed by atoms with Crippen molar-refractivity contribution in [3.05, 3.63) is 66.5 Å². The lowest BCUT2D eigenvalue weighted by atomic mass is 10.1. The molecule has 7 rings (SSSR count). The lowest BCUT2D eigenvalue weighted by molar-refractivity contribution is -0.120. The van der Waals surface area contributed by atoms with Crippen molar-refractivity contribution >= 4 is 45.6 Å². The van der Waals surface area contributed by atoms with Gasteiger partial charge < -0.3 is 30.7 Å². The van der Waals surface area contributed by atoms with E-state index in [0.717, 1.165) is 72.7 Å². The smallest absolute Gasteiger partial charge is 0.247 e. The van der Waals surface area contributed by atoms with Crippen LogP contribution in [0.2, 0.25) is 0 Å². The first-order valence-electron chi connectivity index (χ1n) is 14.2. The van der Waals surface area contributed by atoms with Crippen LogP contribution < -0.4 is 26.2 Å². The van der Waals surface area contributed by atoms with Gasteiger partial charge in [0.2, 0.25) is 11.8 Å². The van der Waals surface area contributed by atoms with Crippen LogP contribution in [0.5, 0.6) is 0 Å². The number of aromatic nitrogens is 2. The molecular formula is C31H32FN7O2. The monoisotopic (exact) mass is 553 g/mol. The standard InChI is InChI=1S/C31H32FN7O2/c32-19-1-6-22(7-2-19)37-13-15-38(16-14-37)23-8-10-27-26(18-23)35-30-24-17-21(34-20-3-4-20)5-9-25(24)36-31(41)28(39(27)30)11-12-29(33)40/h1-2,5-10,17-18,20,28,34H,3-4,11-16H2,(H2,33,40)(H,36,41). The van der Waals surface area contributed by atoms with Crippen LogP contribution in [0.1, 0.15) is 31.7 Å². The molecule has 2 fully saturated rings. The molecule has 0 bridgehead atoms. The van der Waals surface area contributed by atoms with Crippen LogP contribution in [-0.4, -0.2) is 53.6 Å². The van der Waals surface area contributed by atoms with Crippen molar-refractivity contribution in [2.24, 2.45) is 5.73 Å². The summed E-state index contributed by atoms with van der Waals surface area (Å²) in [7, 11) is 0. The third-order valence-electron chi connectivity index (χ3n) is 8.25. The van der Waals surface area contributed by atoms with Crippen molar-refractivity contribution in [1.82, 2.24) is 9.55 Å². The quantitative estimate of drug-likeness (QED) is 0.311. The second-order valence-corrected chi connectivity index (χ2v) is 11.1. The molecule has 3 heterocycles. The van der Waals surface area contributed by atoms with Crippen LogP contribution in [0.3, 0.4) is 0 Å². The molecule has 4 N–H and O–H groups in total. The Morgan fingerprint density at radius 2 is 1.68 bits per heavy atom. The van der Waals surface area contributed by atoms with Gasteiger partial charge in [0.15, 0.2) is 0 Å². The zero-order chi connectivity index (χ0) is 28.1. The Morgan fingerprint density at radius 3 is 2.39 bits per heavy atom. The van der Waals surface area contributed by atoms with Crippen LogP contribution in [-0.2, 0) is 9.59 Å². The first-order chi connectivity index (χ1) is 19.9. The number of imidazole rings is 1. The number of amides is 2. The first kappa shape index (κ1) is 25.4. The molecule has 0 radical (unpaired) electrons. The fraction of sp³-hybridized carbons (Fsp3) is 0.323. The Hall–Kier alpha value is -4.60. The SMILES string of the molecule is NC(=O)CCC1C(=O)Nc2ccc(NC3CC3)cc2-c2nc3cc(N4CCN(c5ccc(F)cc5)CC4)ccc3n21. The molecule has 1 saturated heterocycles. The van der Waals surface area contributed by atoms with Crippen molar-refractivity contribution in [2.45, 2.75) is 37.8 Å². The van der Waals surface area contributed by atoms with Crippen molar-refractivity contribution in [3.63, 3.8) is 0 Å². The fourth-order valence-electron chi connectivity index (χ4n) is 5.93. The number of benzene rings is 3. The summed E-state index contributed by atoms with van der Waals surface area (Å²) in [6.45, 7) is 3.28. The molecular weight excluding hydrogens is 521 g/mol. The highest BCUT2D eigenvalue weighted by Gasteiger charge is 2.32. The first-order valence-corrected chi connectivity index (χ1v) is 14.2.